The number of fused-ring (bicyclic) bond motifs is 6. The van der Waals surface area contributed by atoms with E-state index in [0.29, 0.717) is 17.5 Å². The molecule has 0 amide bonds. The second-order valence-corrected chi connectivity index (χ2v) is 10.9. The van der Waals surface area contributed by atoms with Gasteiger partial charge in [0.2, 0.25) is 0 Å². The Morgan fingerprint density at radius 3 is 1.50 bits per heavy atom. The van der Waals surface area contributed by atoms with Gasteiger partial charge in [0.25, 0.3) is 0 Å². The highest BCUT2D eigenvalue weighted by Gasteiger charge is 2.16. The molecule has 5 nitrogen and oxygen atoms in total. The minimum atomic E-state index is 0.628. The zero-order valence-corrected chi connectivity index (χ0v) is 23.4. The smallest absolute Gasteiger partial charge is 0.164 e. The van der Waals surface area contributed by atoms with E-state index in [1.165, 1.54) is 0 Å². The highest BCUT2D eigenvalue weighted by atomic mass is 16.3. The van der Waals surface area contributed by atoms with Gasteiger partial charge in [0, 0.05) is 44.3 Å². The van der Waals surface area contributed by atoms with Crippen molar-refractivity contribution in [3.05, 3.63) is 140 Å². The maximum atomic E-state index is 6.26. The summed E-state index contributed by atoms with van der Waals surface area (Å²) < 4.78 is 12.4. The molecule has 3 aromatic heterocycles. The first-order valence-corrected chi connectivity index (χ1v) is 14.5. The average molecular weight is 566 g/mol. The molecule has 0 atom stereocenters. The third-order valence-electron chi connectivity index (χ3n) is 8.12. The van der Waals surface area contributed by atoms with Crippen molar-refractivity contribution >= 4 is 43.9 Å². The quantitative estimate of drug-likeness (QED) is 0.212. The van der Waals surface area contributed by atoms with Crippen molar-refractivity contribution in [1.82, 2.24) is 15.0 Å². The van der Waals surface area contributed by atoms with Crippen LogP contribution in [-0.4, -0.2) is 15.0 Å². The standard InChI is InChI=1S/C39H23N3O2/c1-3-10-24(11-4-1)37-40-38(25-12-5-2-6-13-25)42-39(41-37)28-15-9-14-26(20-28)27-18-19-34-30(21-27)32-22-31-29-16-7-8-17-33(29)43-35(31)23-36(32)44-34/h1-23H. The average Bonchev–Trinajstić information content (AvgIpc) is 3.64. The van der Waals surface area contributed by atoms with Crippen LogP contribution in [0.2, 0.25) is 0 Å². The Balaban J connectivity index is 1.18. The monoisotopic (exact) mass is 565 g/mol. The molecule has 0 saturated carbocycles. The second kappa shape index (κ2) is 9.75. The summed E-state index contributed by atoms with van der Waals surface area (Å²) in [6, 6.07) is 47.1. The first-order chi connectivity index (χ1) is 21.8. The van der Waals surface area contributed by atoms with Gasteiger partial charge in [-0.1, -0.05) is 103 Å². The number of furan rings is 2. The Labute approximate surface area is 252 Å². The van der Waals surface area contributed by atoms with Crippen LogP contribution in [0.25, 0.3) is 89.2 Å². The van der Waals surface area contributed by atoms with Crippen LogP contribution in [0.5, 0.6) is 0 Å². The normalized spacial score (nSPS) is 11.6. The minimum Gasteiger partial charge on any atom is -0.456 e. The molecule has 206 valence electrons. The lowest BCUT2D eigenvalue weighted by Crippen LogP contribution is -2.00. The summed E-state index contributed by atoms with van der Waals surface area (Å²) in [6.45, 7) is 0. The Morgan fingerprint density at radius 1 is 0.295 bits per heavy atom. The molecule has 0 N–H and O–H groups in total. The van der Waals surface area contributed by atoms with Crippen LogP contribution in [0.4, 0.5) is 0 Å². The number of para-hydroxylation sites is 1. The number of rotatable bonds is 4. The predicted molar refractivity (Wildman–Crippen MR) is 176 cm³/mol. The largest absolute Gasteiger partial charge is 0.456 e. The van der Waals surface area contributed by atoms with Crippen molar-refractivity contribution in [2.24, 2.45) is 0 Å². The topological polar surface area (TPSA) is 65.0 Å². The highest BCUT2D eigenvalue weighted by Crippen LogP contribution is 2.38. The van der Waals surface area contributed by atoms with E-state index >= 15 is 0 Å². The maximum Gasteiger partial charge on any atom is 0.164 e. The van der Waals surface area contributed by atoms with Gasteiger partial charge in [-0.25, -0.2) is 15.0 Å². The molecule has 0 unspecified atom stereocenters. The van der Waals surface area contributed by atoms with Gasteiger partial charge in [0.15, 0.2) is 17.5 Å². The predicted octanol–water partition coefficient (Wildman–Crippen LogP) is 10.3. The lowest BCUT2D eigenvalue weighted by molar-refractivity contribution is 0.656. The molecule has 0 aliphatic rings. The van der Waals surface area contributed by atoms with Crippen LogP contribution in [0.3, 0.4) is 0 Å². The van der Waals surface area contributed by atoms with Crippen molar-refractivity contribution in [3.8, 4) is 45.3 Å². The molecule has 0 spiro atoms. The molecule has 0 fully saturated rings. The molecule has 9 rings (SSSR count). The summed E-state index contributed by atoms with van der Waals surface area (Å²) in [5, 5.41) is 4.31. The minimum absolute atomic E-state index is 0.628. The van der Waals surface area contributed by atoms with Gasteiger partial charge in [-0.15, -0.1) is 0 Å². The zero-order chi connectivity index (χ0) is 29.0. The van der Waals surface area contributed by atoms with Gasteiger partial charge in [-0.05, 0) is 41.5 Å². The van der Waals surface area contributed by atoms with E-state index < -0.39 is 0 Å². The molecule has 0 aliphatic carbocycles. The van der Waals surface area contributed by atoms with E-state index in [1.54, 1.807) is 0 Å². The summed E-state index contributed by atoms with van der Waals surface area (Å²) in [5.74, 6) is 1.91. The van der Waals surface area contributed by atoms with Crippen molar-refractivity contribution in [2.75, 3.05) is 0 Å². The summed E-state index contributed by atoms with van der Waals surface area (Å²) in [5.41, 5.74) is 8.31. The molecule has 0 radical (unpaired) electrons. The van der Waals surface area contributed by atoms with Crippen molar-refractivity contribution in [2.45, 2.75) is 0 Å². The number of hydrogen-bond donors (Lipinski definition) is 0. The molecule has 9 aromatic rings. The van der Waals surface area contributed by atoms with Crippen LogP contribution in [-0.2, 0) is 0 Å². The van der Waals surface area contributed by atoms with Crippen LogP contribution < -0.4 is 0 Å². The molecule has 6 aromatic carbocycles. The first-order valence-electron chi connectivity index (χ1n) is 14.5. The molecule has 5 heteroatoms. The van der Waals surface area contributed by atoms with E-state index in [2.05, 4.69) is 48.5 Å². The van der Waals surface area contributed by atoms with E-state index in [1.807, 2.05) is 91.0 Å². The van der Waals surface area contributed by atoms with Crippen molar-refractivity contribution in [1.29, 1.82) is 0 Å². The lowest BCUT2D eigenvalue weighted by atomic mass is 10.00. The first kappa shape index (κ1) is 24.5. The second-order valence-electron chi connectivity index (χ2n) is 10.9. The fourth-order valence-corrected chi connectivity index (χ4v) is 5.95. The SMILES string of the molecule is c1ccc(-c2nc(-c3ccccc3)nc(-c3cccc(-c4ccc5oc6cc7oc8ccccc8c7cc6c5c4)c3)n2)cc1. The third-order valence-corrected chi connectivity index (χ3v) is 8.12. The Bertz CT molecular complexity index is 2440. The van der Waals surface area contributed by atoms with Gasteiger partial charge in [-0.2, -0.15) is 0 Å². The molecular weight excluding hydrogens is 542 g/mol. The van der Waals surface area contributed by atoms with Gasteiger partial charge in [0.1, 0.15) is 22.3 Å². The Morgan fingerprint density at radius 2 is 0.795 bits per heavy atom. The Kier molecular flexibility index (Phi) is 5.43. The maximum absolute atomic E-state index is 6.26. The van der Waals surface area contributed by atoms with Gasteiger partial charge >= 0.3 is 0 Å². The summed E-state index contributed by atoms with van der Waals surface area (Å²) in [6.07, 6.45) is 0. The molecule has 0 bridgehead atoms. The molecule has 0 saturated heterocycles. The number of hydrogen-bond acceptors (Lipinski definition) is 5. The van der Waals surface area contributed by atoms with Crippen LogP contribution in [0, 0.1) is 0 Å². The van der Waals surface area contributed by atoms with Crippen LogP contribution in [0.1, 0.15) is 0 Å². The van der Waals surface area contributed by atoms with Gasteiger partial charge < -0.3 is 8.83 Å². The van der Waals surface area contributed by atoms with E-state index in [-0.39, 0.29) is 0 Å². The highest BCUT2D eigenvalue weighted by molar-refractivity contribution is 6.15. The summed E-state index contributed by atoms with van der Waals surface area (Å²) >= 11 is 0. The van der Waals surface area contributed by atoms with Crippen molar-refractivity contribution < 1.29 is 8.83 Å². The van der Waals surface area contributed by atoms with Gasteiger partial charge in [0.05, 0.1) is 0 Å². The molecule has 0 aliphatic heterocycles. The fraction of sp³-hybridized carbons (Fsp3) is 0. The van der Waals surface area contributed by atoms with E-state index in [4.69, 9.17) is 23.8 Å². The summed E-state index contributed by atoms with van der Waals surface area (Å²) in [7, 11) is 0. The zero-order valence-electron chi connectivity index (χ0n) is 23.4. The Hall–Kier alpha value is -6.07. The van der Waals surface area contributed by atoms with Crippen LogP contribution in [0.15, 0.2) is 148 Å². The van der Waals surface area contributed by atoms with Gasteiger partial charge in [-0.3, -0.25) is 0 Å². The van der Waals surface area contributed by atoms with E-state index in [0.717, 1.165) is 71.7 Å². The number of benzene rings is 6. The molecular formula is C39H23N3O2. The van der Waals surface area contributed by atoms with Crippen LogP contribution >= 0.6 is 0 Å². The summed E-state index contributed by atoms with van der Waals surface area (Å²) in [4.78, 5) is 14.7. The third kappa shape index (κ3) is 4.06. The molecule has 44 heavy (non-hydrogen) atoms. The molecule has 3 heterocycles. The van der Waals surface area contributed by atoms with E-state index in [9.17, 15) is 0 Å². The lowest BCUT2D eigenvalue weighted by Gasteiger charge is -2.09. The fourth-order valence-electron chi connectivity index (χ4n) is 5.95. The number of aromatic nitrogens is 3. The van der Waals surface area contributed by atoms with Crippen molar-refractivity contribution in [3.63, 3.8) is 0 Å². The number of nitrogens with zero attached hydrogens (tertiary/aromatic N) is 3.